The number of aliphatic hydroxyl groups excluding tert-OH is 1. The van der Waals surface area contributed by atoms with Crippen molar-refractivity contribution in [1.82, 2.24) is 5.32 Å². The Balaban J connectivity index is 2.71. The Labute approximate surface area is 107 Å². The predicted octanol–water partition coefficient (Wildman–Crippen LogP) is 0.521. The molecular weight excluding hydrogens is 265 g/mol. The van der Waals surface area contributed by atoms with Crippen LogP contribution in [-0.2, 0) is 11.3 Å². The molecule has 1 aromatic rings. The standard InChI is InChI=1S/C11H13F3N2O3/c12-11(13,14)19-9-4-2-1-3-7(9)5-16-10(18)8(15)6-17/h1-4,8,17H,5-6,15H2,(H,16,18)/t8-/m1/s1. The molecule has 0 saturated heterocycles. The maximum Gasteiger partial charge on any atom is 0.573 e. The van der Waals surface area contributed by atoms with E-state index in [0.29, 0.717) is 0 Å². The summed E-state index contributed by atoms with van der Waals surface area (Å²) < 4.78 is 40.2. The van der Waals surface area contributed by atoms with Crippen LogP contribution in [0.3, 0.4) is 0 Å². The predicted molar refractivity (Wildman–Crippen MR) is 60.0 cm³/mol. The SMILES string of the molecule is N[C@H](CO)C(=O)NCc1ccccc1OC(F)(F)F. The lowest BCUT2D eigenvalue weighted by atomic mass is 10.2. The number of nitrogens with one attached hydrogen (secondary N) is 1. The zero-order valence-electron chi connectivity index (χ0n) is 9.78. The first-order valence-corrected chi connectivity index (χ1v) is 5.31. The monoisotopic (exact) mass is 278 g/mol. The van der Waals surface area contributed by atoms with Crippen LogP contribution in [0.2, 0.25) is 0 Å². The van der Waals surface area contributed by atoms with Crippen molar-refractivity contribution in [1.29, 1.82) is 0 Å². The van der Waals surface area contributed by atoms with Crippen molar-refractivity contribution in [2.75, 3.05) is 6.61 Å². The average molecular weight is 278 g/mol. The minimum atomic E-state index is -4.80. The van der Waals surface area contributed by atoms with Crippen LogP contribution in [0.1, 0.15) is 5.56 Å². The maximum atomic E-state index is 12.1. The van der Waals surface area contributed by atoms with E-state index < -0.39 is 30.7 Å². The van der Waals surface area contributed by atoms with Crippen molar-refractivity contribution < 1.29 is 27.8 Å². The van der Waals surface area contributed by atoms with Crippen LogP contribution in [0.15, 0.2) is 24.3 Å². The van der Waals surface area contributed by atoms with Crippen LogP contribution >= 0.6 is 0 Å². The van der Waals surface area contributed by atoms with Crippen LogP contribution in [-0.4, -0.2) is 30.0 Å². The number of halogens is 3. The molecule has 1 atom stereocenters. The Morgan fingerprint density at radius 3 is 2.63 bits per heavy atom. The van der Waals surface area contributed by atoms with Gasteiger partial charge in [-0.2, -0.15) is 0 Å². The van der Waals surface area contributed by atoms with Gasteiger partial charge in [0.25, 0.3) is 0 Å². The van der Waals surface area contributed by atoms with E-state index in [1.54, 1.807) is 0 Å². The molecule has 0 saturated carbocycles. The van der Waals surface area contributed by atoms with Gasteiger partial charge in [0.2, 0.25) is 5.91 Å². The molecule has 0 aliphatic rings. The van der Waals surface area contributed by atoms with Gasteiger partial charge in [-0.3, -0.25) is 4.79 Å². The Kier molecular flexibility index (Phi) is 5.13. The largest absolute Gasteiger partial charge is 0.573 e. The van der Waals surface area contributed by atoms with Gasteiger partial charge < -0.3 is 20.9 Å². The van der Waals surface area contributed by atoms with Gasteiger partial charge >= 0.3 is 6.36 Å². The van der Waals surface area contributed by atoms with E-state index in [1.165, 1.54) is 18.2 Å². The Morgan fingerprint density at radius 1 is 1.42 bits per heavy atom. The molecule has 8 heteroatoms. The molecule has 1 rings (SSSR count). The van der Waals surface area contributed by atoms with Crippen LogP contribution < -0.4 is 15.8 Å². The molecule has 0 aliphatic carbocycles. The van der Waals surface area contributed by atoms with Crippen molar-refractivity contribution in [2.45, 2.75) is 18.9 Å². The first-order valence-electron chi connectivity index (χ1n) is 5.31. The number of para-hydroxylation sites is 1. The zero-order chi connectivity index (χ0) is 14.5. The van der Waals surface area contributed by atoms with E-state index in [4.69, 9.17) is 10.8 Å². The van der Waals surface area contributed by atoms with Gasteiger partial charge in [0.05, 0.1) is 6.61 Å². The first kappa shape index (κ1) is 15.3. The van der Waals surface area contributed by atoms with Gasteiger partial charge in [-0.1, -0.05) is 18.2 Å². The van der Waals surface area contributed by atoms with Gasteiger partial charge in [-0.25, -0.2) is 0 Å². The highest BCUT2D eigenvalue weighted by Gasteiger charge is 2.32. The molecular formula is C11H13F3N2O3. The molecule has 0 fully saturated rings. The Hall–Kier alpha value is -1.80. The lowest BCUT2D eigenvalue weighted by Crippen LogP contribution is -2.42. The third-order valence-corrected chi connectivity index (χ3v) is 2.18. The van der Waals surface area contributed by atoms with Gasteiger partial charge in [0.1, 0.15) is 11.8 Å². The molecule has 1 aromatic carbocycles. The Bertz CT molecular complexity index is 437. The molecule has 106 valence electrons. The fourth-order valence-corrected chi connectivity index (χ4v) is 1.27. The lowest BCUT2D eigenvalue weighted by molar-refractivity contribution is -0.274. The van der Waals surface area contributed by atoms with E-state index in [1.807, 2.05) is 0 Å². The molecule has 0 unspecified atom stereocenters. The second-order valence-corrected chi connectivity index (χ2v) is 3.66. The lowest BCUT2D eigenvalue weighted by Gasteiger charge is -2.14. The summed E-state index contributed by atoms with van der Waals surface area (Å²) in [4.78, 5) is 11.3. The number of carbonyl (C=O) groups excluding carboxylic acids is 1. The van der Waals surface area contributed by atoms with E-state index >= 15 is 0 Å². The average Bonchev–Trinajstić information content (AvgIpc) is 2.34. The fourth-order valence-electron chi connectivity index (χ4n) is 1.27. The summed E-state index contributed by atoms with van der Waals surface area (Å²) in [5.41, 5.74) is 5.40. The maximum absolute atomic E-state index is 12.1. The van der Waals surface area contributed by atoms with Gasteiger partial charge in [-0.15, -0.1) is 13.2 Å². The van der Waals surface area contributed by atoms with Crippen molar-refractivity contribution >= 4 is 5.91 Å². The summed E-state index contributed by atoms with van der Waals surface area (Å²) in [5, 5.41) is 11.0. The number of aliphatic hydroxyl groups is 1. The van der Waals surface area contributed by atoms with E-state index in [9.17, 15) is 18.0 Å². The van der Waals surface area contributed by atoms with Crippen molar-refractivity contribution in [3.63, 3.8) is 0 Å². The minimum absolute atomic E-state index is 0.151. The van der Waals surface area contributed by atoms with Crippen LogP contribution in [0.4, 0.5) is 13.2 Å². The number of alkyl halides is 3. The highest BCUT2D eigenvalue weighted by atomic mass is 19.4. The molecule has 19 heavy (non-hydrogen) atoms. The molecule has 4 N–H and O–H groups in total. The summed E-state index contributed by atoms with van der Waals surface area (Å²) in [7, 11) is 0. The van der Waals surface area contributed by atoms with Gasteiger partial charge in [0, 0.05) is 12.1 Å². The number of ether oxygens (including phenoxy) is 1. The molecule has 0 aliphatic heterocycles. The molecule has 0 radical (unpaired) electrons. The molecule has 0 bridgehead atoms. The number of hydrogen-bond donors (Lipinski definition) is 3. The smallest absolute Gasteiger partial charge is 0.405 e. The second-order valence-electron chi connectivity index (χ2n) is 3.66. The number of carbonyl (C=O) groups is 1. The fraction of sp³-hybridized carbons (Fsp3) is 0.364. The first-order chi connectivity index (χ1) is 8.83. The Morgan fingerprint density at radius 2 is 2.05 bits per heavy atom. The van der Waals surface area contributed by atoms with Crippen LogP contribution in [0.25, 0.3) is 0 Å². The zero-order valence-corrected chi connectivity index (χ0v) is 9.78. The second kappa shape index (κ2) is 6.39. The molecule has 0 aromatic heterocycles. The summed E-state index contributed by atoms with van der Waals surface area (Å²) in [5.74, 6) is -1.06. The topological polar surface area (TPSA) is 84.6 Å². The highest BCUT2D eigenvalue weighted by molar-refractivity contribution is 5.81. The van der Waals surface area contributed by atoms with Crippen molar-refractivity contribution in [2.24, 2.45) is 5.73 Å². The van der Waals surface area contributed by atoms with E-state index in [0.717, 1.165) is 6.07 Å². The van der Waals surface area contributed by atoms with Gasteiger partial charge in [0.15, 0.2) is 0 Å². The number of benzene rings is 1. The molecule has 1 amide bonds. The third-order valence-electron chi connectivity index (χ3n) is 2.18. The summed E-state index contributed by atoms with van der Waals surface area (Å²) in [6.07, 6.45) is -4.80. The molecule has 0 heterocycles. The van der Waals surface area contributed by atoms with E-state index in [2.05, 4.69) is 10.1 Å². The number of hydrogen-bond acceptors (Lipinski definition) is 4. The number of nitrogens with two attached hydrogens (primary N) is 1. The summed E-state index contributed by atoms with van der Waals surface area (Å²) in [6.45, 7) is -0.731. The number of rotatable bonds is 5. The highest BCUT2D eigenvalue weighted by Crippen LogP contribution is 2.25. The third kappa shape index (κ3) is 5.14. The minimum Gasteiger partial charge on any atom is -0.405 e. The van der Waals surface area contributed by atoms with Crippen molar-refractivity contribution in [3.8, 4) is 5.75 Å². The normalized spacial score (nSPS) is 12.9. The molecule has 5 nitrogen and oxygen atoms in total. The number of amides is 1. The summed E-state index contributed by atoms with van der Waals surface area (Å²) in [6, 6.07) is 4.30. The van der Waals surface area contributed by atoms with Gasteiger partial charge in [-0.05, 0) is 6.07 Å². The van der Waals surface area contributed by atoms with Crippen molar-refractivity contribution in [3.05, 3.63) is 29.8 Å². The van der Waals surface area contributed by atoms with E-state index in [-0.39, 0.29) is 12.1 Å². The van der Waals surface area contributed by atoms with Crippen LogP contribution in [0, 0.1) is 0 Å². The molecule has 0 spiro atoms. The van der Waals surface area contributed by atoms with Crippen LogP contribution in [0.5, 0.6) is 5.75 Å². The summed E-state index contributed by atoms with van der Waals surface area (Å²) >= 11 is 0. The quantitative estimate of drug-likeness (QED) is 0.733.